The first-order chi connectivity index (χ1) is 12.0. The van der Waals surface area contributed by atoms with Crippen molar-refractivity contribution < 1.29 is 9.84 Å². The van der Waals surface area contributed by atoms with E-state index >= 15 is 0 Å². The van der Waals surface area contributed by atoms with Crippen LogP contribution >= 0.6 is 0 Å². The smallest absolute Gasteiger partial charge is 0.0611 e. The fourth-order valence-corrected chi connectivity index (χ4v) is 4.36. The highest BCUT2D eigenvalue weighted by atomic mass is 16.5. The van der Waals surface area contributed by atoms with Crippen molar-refractivity contribution in [3.05, 3.63) is 35.5 Å². The second-order valence-electron chi connectivity index (χ2n) is 7.97. The predicted molar refractivity (Wildman–Crippen MR) is 105 cm³/mol. The van der Waals surface area contributed by atoms with Crippen molar-refractivity contribution in [3.63, 3.8) is 0 Å². The summed E-state index contributed by atoms with van der Waals surface area (Å²) >= 11 is 0. The van der Waals surface area contributed by atoms with Crippen LogP contribution in [0.5, 0.6) is 0 Å². The lowest BCUT2D eigenvalue weighted by atomic mass is 9.78. The summed E-state index contributed by atoms with van der Waals surface area (Å²) in [7, 11) is 0. The Bertz CT molecular complexity index is 508. The van der Waals surface area contributed by atoms with Crippen LogP contribution < -0.4 is 5.73 Å². The molecule has 0 radical (unpaired) electrons. The summed E-state index contributed by atoms with van der Waals surface area (Å²) in [5, 5.41) is 9.47. The minimum atomic E-state index is -0.395. The van der Waals surface area contributed by atoms with E-state index in [4.69, 9.17) is 10.5 Å². The minimum Gasteiger partial charge on any atom is -0.394 e. The maximum absolute atomic E-state index is 9.47. The summed E-state index contributed by atoms with van der Waals surface area (Å²) in [6, 6.07) is 0. The minimum absolute atomic E-state index is 0.0802. The van der Waals surface area contributed by atoms with Crippen molar-refractivity contribution in [3.8, 4) is 0 Å². The predicted octanol–water partition coefficient (Wildman–Crippen LogP) is 4.52. The highest BCUT2D eigenvalue weighted by molar-refractivity contribution is 5.39. The van der Waals surface area contributed by atoms with Crippen LogP contribution in [0.15, 0.2) is 35.5 Å². The van der Waals surface area contributed by atoms with Crippen LogP contribution in [-0.4, -0.2) is 30.5 Å². The maximum Gasteiger partial charge on any atom is 0.0611 e. The van der Waals surface area contributed by atoms with Gasteiger partial charge in [-0.2, -0.15) is 0 Å². The van der Waals surface area contributed by atoms with Gasteiger partial charge >= 0.3 is 0 Å². The van der Waals surface area contributed by atoms with E-state index in [2.05, 4.69) is 32.6 Å². The highest BCUT2D eigenvalue weighted by Gasteiger charge is 2.36. The number of ether oxygens (including phenoxy) is 1. The molecule has 2 saturated carbocycles. The van der Waals surface area contributed by atoms with Crippen molar-refractivity contribution in [2.75, 3.05) is 19.8 Å². The van der Waals surface area contributed by atoms with Crippen molar-refractivity contribution in [2.24, 2.45) is 17.6 Å². The Labute approximate surface area is 154 Å². The SMILES string of the molecule is C=C(/C=C1/CC[C@@H](CCCOCC)C/C1=C/C)[C@H]1CC[C@](N)(CO)C1. The van der Waals surface area contributed by atoms with Gasteiger partial charge in [0.25, 0.3) is 0 Å². The largest absolute Gasteiger partial charge is 0.394 e. The summed E-state index contributed by atoms with van der Waals surface area (Å²) in [5.41, 5.74) is 9.99. The van der Waals surface area contributed by atoms with Crippen molar-refractivity contribution in [1.29, 1.82) is 0 Å². The molecule has 3 heteroatoms. The maximum atomic E-state index is 9.47. The normalized spacial score (nSPS) is 33.3. The lowest BCUT2D eigenvalue weighted by Crippen LogP contribution is -2.40. The third-order valence-electron chi connectivity index (χ3n) is 6.04. The van der Waals surface area contributed by atoms with Gasteiger partial charge in [0, 0.05) is 18.8 Å². The summed E-state index contributed by atoms with van der Waals surface area (Å²) < 4.78 is 5.47. The van der Waals surface area contributed by atoms with E-state index in [1.165, 1.54) is 42.4 Å². The Kier molecular flexibility index (Phi) is 7.92. The zero-order valence-corrected chi connectivity index (χ0v) is 16.2. The van der Waals surface area contributed by atoms with Gasteiger partial charge in [-0.3, -0.25) is 0 Å². The highest BCUT2D eigenvalue weighted by Crippen LogP contribution is 2.40. The summed E-state index contributed by atoms with van der Waals surface area (Å²) in [6.07, 6.45) is 13.4. The third kappa shape index (κ3) is 5.80. The van der Waals surface area contributed by atoms with E-state index in [1.54, 1.807) is 0 Å². The average Bonchev–Trinajstić information content (AvgIpc) is 3.03. The van der Waals surface area contributed by atoms with Gasteiger partial charge in [0.05, 0.1) is 6.61 Å². The molecule has 0 unspecified atom stereocenters. The standard InChI is InChI=1S/C22H37NO2/c1-4-19-14-18(7-6-12-25-5-2)8-9-20(19)13-17(3)21-10-11-22(23,15-21)16-24/h4,13,18,21,24H,3,5-12,14-16,23H2,1-2H3/b19-4-,20-13-/t18-,21+,22-/m1/s1. The van der Waals surface area contributed by atoms with Crippen molar-refractivity contribution in [2.45, 2.75) is 70.8 Å². The molecule has 142 valence electrons. The van der Waals surface area contributed by atoms with Gasteiger partial charge in [-0.1, -0.05) is 24.3 Å². The van der Waals surface area contributed by atoms with E-state index < -0.39 is 5.54 Å². The monoisotopic (exact) mass is 347 g/mol. The molecule has 0 spiro atoms. The molecule has 2 aliphatic carbocycles. The molecule has 0 aromatic carbocycles. The number of aliphatic hydroxyl groups is 1. The molecule has 0 aromatic heterocycles. The van der Waals surface area contributed by atoms with E-state index in [0.717, 1.165) is 44.8 Å². The van der Waals surface area contributed by atoms with Crippen LogP contribution in [0.2, 0.25) is 0 Å². The first-order valence-electron chi connectivity index (χ1n) is 10.0. The van der Waals surface area contributed by atoms with Crippen LogP contribution in [0.4, 0.5) is 0 Å². The van der Waals surface area contributed by atoms with E-state index in [9.17, 15) is 5.11 Å². The second kappa shape index (κ2) is 9.70. The van der Waals surface area contributed by atoms with Gasteiger partial charge in [-0.15, -0.1) is 0 Å². The van der Waals surface area contributed by atoms with Gasteiger partial charge < -0.3 is 15.6 Å². The molecular weight excluding hydrogens is 310 g/mol. The number of rotatable bonds is 8. The lowest BCUT2D eigenvalue weighted by Gasteiger charge is -2.27. The third-order valence-corrected chi connectivity index (χ3v) is 6.04. The number of hydrogen-bond acceptors (Lipinski definition) is 3. The zero-order valence-electron chi connectivity index (χ0n) is 16.2. The second-order valence-corrected chi connectivity index (χ2v) is 7.97. The van der Waals surface area contributed by atoms with Gasteiger partial charge in [0.15, 0.2) is 0 Å². The summed E-state index contributed by atoms with van der Waals surface area (Å²) in [4.78, 5) is 0. The molecule has 3 nitrogen and oxygen atoms in total. The Morgan fingerprint density at radius 1 is 1.40 bits per heavy atom. The molecule has 0 amide bonds. The molecule has 2 rings (SSSR count). The van der Waals surface area contributed by atoms with Crippen LogP contribution in [0.25, 0.3) is 0 Å². The fourth-order valence-electron chi connectivity index (χ4n) is 4.36. The molecule has 2 aliphatic rings. The lowest BCUT2D eigenvalue weighted by molar-refractivity contribution is 0.138. The number of aliphatic hydroxyl groups excluding tert-OH is 1. The number of hydrogen-bond donors (Lipinski definition) is 2. The van der Waals surface area contributed by atoms with Gasteiger partial charge in [-0.05, 0) is 88.2 Å². The fraction of sp³-hybridized carbons (Fsp3) is 0.727. The molecule has 0 bridgehead atoms. The van der Waals surface area contributed by atoms with Gasteiger partial charge in [-0.25, -0.2) is 0 Å². The van der Waals surface area contributed by atoms with E-state index in [1.807, 2.05) is 0 Å². The molecule has 25 heavy (non-hydrogen) atoms. The van der Waals surface area contributed by atoms with Gasteiger partial charge in [0.2, 0.25) is 0 Å². The molecule has 3 atom stereocenters. The summed E-state index contributed by atoms with van der Waals surface area (Å²) in [6.45, 7) is 10.3. The topological polar surface area (TPSA) is 55.5 Å². The Morgan fingerprint density at radius 3 is 2.84 bits per heavy atom. The molecule has 3 N–H and O–H groups in total. The quantitative estimate of drug-likeness (QED) is 0.635. The Hall–Kier alpha value is -0.900. The van der Waals surface area contributed by atoms with Crippen LogP contribution in [0.3, 0.4) is 0 Å². The average molecular weight is 348 g/mol. The number of nitrogens with two attached hydrogens (primary N) is 1. The Morgan fingerprint density at radius 2 is 2.20 bits per heavy atom. The van der Waals surface area contributed by atoms with Crippen LogP contribution in [0.1, 0.15) is 65.2 Å². The molecule has 0 aliphatic heterocycles. The summed E-state index contributed by atoms with van der Waals surface area (Å²) in [5.74, 6) is 1.21. The molecule has 0 saturated heterocycles. The molecular formula is C22H37NO2. The van der Waals surface area contributed by atoms with E-state index in [-0.39, 0.29) is 6.61 Å². The first kappa shape index (κ1) is 20.4. The van der Waals surface area contributed by atoms with Crippen LogP contribution in [0, 0.1) is 11.8 Å². The Balaban J connectivity index is 1.89. The van der Waals surface area contributed by atoms with Crippen molar-refractivity contribution in [1.82, 2.24) is 0 Å². The van der Waals surface area contributed by atoms with E-state index in [0.29, 0.717) is 5.92 Å². The molecule has 0 heterocycles. The first-order valence-corrected chi connectivity index (χ1v) is 10.0. The van der Waals surface area contributed by atoms with Crippen molar-refractivity contribution >= 4 is 0 Å². The van der Waals surface area contributed by atoms with Crippen LogP contribution in [-0.2, 0) is 4.74 Å². The zero-order chi connectivity index (χ0) is 18.3. The molecule has 2 fully saturated rings. The number of allylic oxidation sites excluding steroid dienone is 5. The molecule has 0 aromatic rings. The van der Waals surface area contributed by atoms with Gasteiger partial charge in [0.1, 0.15) is 0 Å².